The van der Waals surface area contributed by atoms with E-state index in [0.29, 0.717) is 24.1 Å². The average Bonchev–Trinajstić information content (AvgIpc) is 2.58. The topological polar surface area (TPSA) is 58.4 Å². The van der Waals surface area contributed by atoms with Crippen LogP contribution in [-0.4, -0.2) is 38.3 Å². The molecule has 5 nitrogen and oxygen atoms in total. The van der Waals surface area contributed by atoms with Gasteiger partial charge in [-0.3, -0.25) is 9.58 Å². The van der Waals surface area contributed by atoms with Crippen molar-refractivity contribution in [3.63, 3.8) is 0 Å². The Morgan fingerprint density at radius 1 is 1.44 bits per heavy atom. The fraction of sp³-hybridized carbons (Fsp3) is 0.692. The number of carboxylic acid groups (broad SMARTS) is 1. The van der Waals surface area contributed by atoms with Crippen LogP contribution in [0.4, 0.5) is 0 Å². The van der Waals surface area contributed by atoms with Gasteiger partial charge in [0.2, 0.25) is 0 Å². The maximum Gasteiger partial charge on any atom is 0.339 e. The van der Waals surface area contributed by atoms with E-state index in [1.807, 2.05) is 0 Å². The van der Waals surface area contributed by atoms with Gasteiger partial charge in [-0.2, -0.15) is 5.10 Å². The summed E-state index contributed by atoms with van der Waals surface area (Å²) in [4.78, 5) is 13.4. The maximum absolute atomic E-state index is 11.1. The zero-order valence-electron chi connectivity index (χ0n) is 11.8. The smallest absolute Gasteiger partial charge is 0.339 e. The summed E-state index contributed by atoms with van der Waals surface area (Å²) in [6.45, 7) is 10.1. The summed E-state index contributed by atoms with van der Waals surface area (Å²) in [5, 5.41) is 13.2. The van der Waals surface area contributed by atoms with Gasteiger partial charge in [0.25, 0.3) is 0 Å². The van der Waals surface area contributed by atoms with E-state index in [1.54, 1.807) is 11.7 Å². The summed E-state index contributed by atoms with van der Waals surface area (Å²) < 4.78 is 1.65. The highest BCUT2D eigenvalue weighted by atomic mass is 16.4. The maximum atomic E-state index is 11.1. The molecule has 0 fully saturated rings. The van der Waals surface area contributed by atoms with Crippen LogP contribution in [0.1, 0.15) is 43.7 Å². The van der Waals surface area contributed by atoms with Gasteiger partial charge >= 0.3 is 5.97 Å². The van der Waals surface area contributed by atoms with Gasteiger partial charge in [-0.05, 0) is 19.8 Å². The molecule has 18 heavy (non-hydrogen) atoms. The summed E-state index contributed by atoms with van der Waals surface area (Å²) in [7, 11) is 1.79. The van der Waals surface area contributed by atoms with Crippen molar-refractivity contribution in [3.05, 3.63) is 17.5 Å². The van der Waals surface area contributed by atoms with Crippen LogP contribution in [0.2, 0.25) is 0 Å². The zero-order chi connectivity index (χ0) is 13.9. The molecule has 1 aromatic rings. The molecule has 0 spiro atoms. The standard InChI is InChI=1S/C13H23N3O2/c1-9(2)7-16(10(3)4)8-12-11(13(17)18)6-14-15(12)5/h6,9-10H,7-8H2,1-5H3,(H,17,18). The Kier molecular flexibility index (Phi) is 4.90. The lowest BCUT2D eigenvalue weighted by atomic mass is 10.1. The van der Waals surface area contributed by atoms with Gasteiger partial charge in [-0.25, -0.2) is 4.79 Å². The molecular formula is C13H23N3O2. The molecule has 0 saturated heterocycles. The second kappa shape index (κ2) is 6.00. The second-order valence-electron chi connectivity index (χ2n) is 5.35. The molecule has 0 atom stereocenters. The number of nitrogens with zero attached hydrogens (tertiary/aromatic N) is 3. The first kappa shape index (κ1) is 14.7. The lowest BCUT2D eigenvalue weighted by molar-refractivity contribution is 0.0693. The number of aryl methyl sites for hydroxylation is 1. The highest BCUT2D eigenvalue weighted by molar-refractivity contribution is 5.88. The lowest BCUT2D eigenvalue weighted by Gasteiger charge is -2.28. The highest BCUT2D eigenvalue weighted by Crippen LogP contribution is 2.14. The van der Waals surface area contributed by atoms with Crippen molar-refractivity contribution in [2.45, 2.75) is 40.3 Å². The normalized spacial score (nSPS) is 11.8. The fourth-order valence-corrected chi connectivity index (χ4v) is 1.95. The Bertz CT molecular complexity index is 410. The summed E-state index contributed by atoms with van der Waals surface area (Å²) in [6, 6.07) is 0.379. The Labute approximate surface area is 108 Å². The van der Waals surface area contributed by atoms with Gasteiger partial charge in [0, 0.05) is 26.2 Å². The average molecular weight is 253 g/mol. The van der Waals surface area contributed by atoms with E-state index in [9.17, 15) is 4.79 Å². The van der Waals surface area contributed by atoms with Gasteiger partial charge in [-0.1, -0.05) is 13.8 Å². The first-order valence-corrected chi connectivity index (χ1v) is 6.31. The van der Waals surface area contributed by atoms with E-state index in [1.165, 1.54) is 6.20 Å². The lowest BCUT2D eigenvalue weighted by Crippen LogP contribution is -2.34. The monoisotopic (exact) mass is 253 g/mol. The molecule has 102 valence electrons. The van der Waals surface area contributed by atoms with E-state index < -0.39 is 5.97 Å². The van der Waals surface area contributed by atoms with Gasteiger partial charge in [0.1, 0.15) is 5.56 Å². The first-order valence-electron chi connectivity index (χ1n) is 6.31. The molecule has 1 aromatic heterocycles. The Balaban J connectivity index is 2.93. The number of carboxylic acids is 1. The highest BCUT2D eigenvalue weighted by Gasteiger charge is 2.19. The molecule has 0 amide bonds. The number of rotatable bonds is 6. The third-order valence-corrected chi connectivity index (χ3v) is 2.97. The molecule has 0 aliphatic carbocycles. The van der Waals surface area contributed by atoms with Gasteiger partial charge in [0.05, 0.1) is 11.9 Å². The fourth-order valence-electron chi connectivity index (χ4n) is 1.95. The van der Waals surface area contributed by atoms with Crippen molar-refractivity contribution in [1.29, 1.82) is 0 Å². The van der Waals surface area contributed by atoms with Crippen LogP contribution in [-0.2, 0) is 13.6 Å². The third-order valence-electron chi connectivity index (χ3n) is 2.97. The number of hydrogen-bond donors (Lipinski definition) is 1. The van der Waals surface area contributed by atoms with Crippen molar-refractivity contribution in [2.75, 3.05) is 6.54 Å². The van der Waals surface area contributed by atoms with Crippen LogP contribution < -0.4 is 0 Å². The molecule has 0 unspecified atom stereocenters. The minimum atomic E-state index is -0.911. The van der Waals surface area contributed by atoms with Crippen LogP contribution in [0, 0.1) is 5.92 Å². The second-order valence-corrected chi connectivity index (χ2v) is 5.35. The van der Waals surface area contributed by atoms with Crippen molar-refractivity contribution in [2.24, 2.45) is 13.0 Å². The predicted molar refractivity (Wildman–Crippen MR) is 70.6 cm³/mol. The molecule has 0 aromatic carbocycles. The Morgan fingerprint density at radius 2 is 2.06 bits per heavy atom. The summed E-state index contributed by atoms with van der Waals surface area (Å²) in [5.41, 5.74) is 1.06. The minimum Gasteiger partial charge on any atom is -0.478 e. The largest absolute Gasteiger partial charge is 0.478 e. The molecule has 0 saturated carbocycles. The summed E-state index contributed by atoms with van der Waals surface area (Å²) in [5.74, 6) is -0.361. The van der Waals surface area contributed by atoms with Crippen molar-refractivity contribution in [3.8, 4) is 0 Å². The van der Waals surface area contributed by atoms with Crippen molar-refractivity contribution < 1.29 is 9.90 Å². The van der Waals surface area contributed by atoms with Crippen LogP contribution in [0.15, 0.2) is 6.20 Å². The van der Waals surface area contributed by atoms with Crippen molar-refractivity contribution in [1.82, 2.24) is 14.7 Å². The first-order chi connectivity index (χ1) is 8.32. The SMILES string of the molecule is CC(C)CN(Cc1c(C(=O)O)cnn1C)C(C)C. The molecule has 5 heteroatoms. The van der Waals surface area contributed by atoms with Crippen LogP contribution in [0.25, 0.3) is 0 Å². The molecule has 1 rings (SSSR count). The van der Waals surface area contributed by atoms with Crippen molar-refractivity contribution >= 4 is 5.97 Å². The quantitative estimate of drug-likeness (QED) is 0.842. The van der Waals surface area contributed by atoms with E-state index in [4.69, 9.17) is 5.11 Å². The number of carbonyl (C=O) groups is 1. The molecule has 1 N–H and O–H groups in total. The molecular weight excluding hydrogens is 230 g/mol. The summed E-state index contributed by atoms with van der Waals surface area (Å²) in [6.07, 6.45) is 1.42. The number of hydrogen-bond acceptors (Lipinski definition) is 3. The van der Waals surface area contributed by atoms with Gasteiger partial charge in [-0.15, -0.1) is 0 Å². The number of aromatic carboxylic acids is 1. The van der Waals surface area contributed by atoms with Crippen LogP contribution in [0.5, 0.6) is 0 Å². The molecule has 0 aliphatic rings. The zero-order valence-corrected chi connectivity index (χ0v) is 11.8. The predicted octanol–water partition coefficient (Wildman–Crippen LogP) is 1.98. The molecule has 0 bridgehead atoms. The molecule has 0 aliphatic heterocycles. The van der Waals surface area contributed by atoms with E-state index in [2.05, 4.69) is 37.7 Å². The molecule has 1 heterocycles. The van der Waals surface area contributed by atoms with Gasteiger partial charge < -0.3 is 5.11 Å². The Morgan fingerprint density at radius 3 is 2.50 bits per heavy atom. The molecule has 0 radical (unpaired) electrons. The number of aromatic nitrogens is 2. The van der Waals surface area contributed by atoms with Gasteiger partial charge in [0.15, 0.2) is 0 Å². The summed E-state index contributed by atoms with van der Waals surface area (Å²) >= 11 is 0. The van der Waals surface area contributed by atoms with Crippen LogP contribution >= 0.6 is 0 Å². The van der Waals surface area contributed by atoms with E-state index >= 15 is 0 Å². The van der Waals surface area contributed by atoms with E-state index in [0.717, 1.165) is 12.2 Å². The van der Waals surface area contributed by atoms with E-state index in [-0.39, 0.29) is 0 Å². The Hall–Kier alpha value is -1.36. The minimum absolute atomic E-state index is 0.298. The van der Waals surface area contributed by atoms with Crippen LogP contribution in [0.3, 0.4) is 0 Å². The third kappa shape index (κ3) is 3.57.